The van der Waals surface area contributed by atoms with Gasteiger partial charge in [0.2, 0.25) is 0 Å². The van der Waals surface area contributed by atoms with Crippen LogP contribution in [0.2, 0.25) is 19.6 Å². The molecule has 0 aliphatic heterocycles. The number of hydrogen-bond donors (Lipinski definition) is 0. The molecule has 0 spiro atoms. The standard InChI is InChI=1S/C17H26Si/c1-8-13-10-14-11-16(18(5,6)7)17(3,4)15(14)9-12(13)2/h9-11H,8H2,1-7H3. The van der Waals surface area contributed by atoms with E-state index in [9.17, 15) is 0 Å². The second-order valence-electron chi connectivity index (χ2n) is 7.15. The zero-order valence-electron chi connectivity index (χ0n) is 12.9. The van der Waals surface area contributed by atoms with Gasteiger partial charge in [-0.05, 0) is 35.6 Å². The molecule has 0 amide bonds. The van der Waals surface area contributed by atoms with Gasteiger partial charge >= 0.3 is 0 Å². The van der Waals surface area contributed by atoms with Crippen LogP contribution in [0.25, 0.3) is 6.08 Å². The molecule has 0 N–H and O–H groups in total. The van der Waals surface area contributed by atoms with Crippen LogP contribution in [0.5, 0.6) is 0 Å². The van der Waals surface area contributed by atoms with Crippen molar-refractivity contribution in [3.63, 3.8) is 0 Å². The lowest BCUT2D eigenvalue weighted by molar-refractivity contribution is 0.662. The Balaban J connectivity index is 2.63. The topological polar surface area (TPSA) is 0 Å². The van der Waals surface area contributed by atoms with Crippen LogP contribution in [0.4, 0.5) is 0 Å². The minimum Gasteiger partial charge on any atom is -0.0707 e. The van der Waals surface area contributed by atoms with E-state index in [0.29, 0.717) is 0 Å². The van der Waals surface area contributed by atoms with Crippen LogP contribution in [0.15, 0.2) is 17.3 Å². The van der Waals surface area contributed by atoms with Gasteiger partial charge in [-0.25, -0.2) is 0 Å². The maximum atomic E-state index is 2.49. The molecule has 0 unspecified atom stereocenters. The lowest BCUT2D eigenvalue weighted by atomic mass is 9.84. The highest BCUT2D eigenvalue weighted by molar-refractivity contribution is 6.84. The van der Waals surface area contributed by atoms with E-state index in [-0.39, 0.29) is 5.41 Å². The van der Waals surface area contributed by atoms with Gasteiger partial charge in [0.15, 0.2) is 0 Å². The average Bonchev–Trinajstić information content (AvgIpc) is 2.49. The van der Waals surface area contributed by atoms with E-state index in [1.807, 2.05) is 0 Å². The highest BCUT2D eigenvalue weighted by Gasteiger charge is 2.39. The molecule has 98 valence electrons. The number of aryl methyl sites for hydroxylation is 2. The maximum Gasteiger partial charge on any atom is 0.0736 e. The Hall–Kier alpha value is -0.823. The molecule has 18 heavy (non-hydrogen) atoms. The fourth-order valence-electron chi connectivity index (χ4n) is 3.45. The van der Waals surface area contributed by atoms with Gasteiger partial charge < -0.3 is 0 Å². The predicted octanol–water partition coefficient (Wildman–Crippen LogP) is 5.11. The summed E-state index contributed by atoms with van der Waals surface area (Å²) < 4.78 is 0. The second-order valence-corrected chi connectivity index (χ2v) is 12.2. The van der Waals surface area contributed by atoms with Crippen molar-refractivity contribution in [1.29, 1.82) is 0 Å². The van der Waals surface area contributed by atoms with Gasteiger partial charge in [0.1, 0.15) is 0 Å². The van der Waals surface area contributed by atoms with Crippen LogP contribution >= 0.6 is 0 Å². The van der Waals surface area contributed by atoms with Crippen LogP contribution < -0.4 is 0 Å². The molecule has 0 aromatic heterocycles. The summed E-state index contributed by atoms with van der Waals surface area (Å²) in [6.45, 7) is 16.7. The van der Waals surface area contributed by atoms with Crippen molar-refractivity contribution in [2.75, 3.05) is 0 Å². The van der Waals surface area contributed by atoms with Gasteiger partial charge in [0, 0.05) is 5.41 Å². The molecule has 0 fully saturated rings. The first kappa shape index (κ1) is 13.6. The number of fused-ring (bicyclic) bond motifs is 1. The Morgan fingerprint density at radius 1 is 1.11 bits per heavy atom. The third kappa shape index (κ3) is 1.99. The van der Waals surface area contributed by atoms with Crippen molar-refractivity contribution in [1.82, 2.24) is 0 Å². The van der Waals surface area contributed by atoms with E-state index in [1.165, 1.54) is 22.3 Å². The average molecular weight is 258 g/mol. The highest BCUT2D eigenvalue weighted by Crippen LogP contribution is 2.46. The molecule has 1 aliphatic rings. The summed E-state index contributed by atoms with van der Waals surface area (Å²) in [7, 11) is -1.24. The fourth-order valence-corrected chi connectivity index (χ4v) is 6.05. The first-order valence-corrected chi connectivity index (χ1v) is 10.5. The maximum absolute atomic E-state index is 2.49. The van der Waals surface area contributed by atoms with Gasteiger partial charge in [0.05, 0.1) is 8.07 Å². The Kier molecular flexibility index (Phi) is 3.09. The Bertz CT molecular complexity index is 513. The number of allylic oxidation sites excluding steroid dienone is 1. The van der Waals surface area contributed by atoms with Crippen molar-refractivity contribution < 1.29 is 0 Å². The van der Waals surface area contributed by atoms with E-state index in [1.54, 1.807) is 5.20 Å². The number of rotatable bonds is 2. The Labute approximate surface area is 113 Å². The smallest absolute Gasteiger partial charge is 0.0707 e. The van der Waals surface area contributed by atoms with Crippen LogP contribution in [-0.2, 0) is 11.8 Å². The first-order valence-electron chi connectivity index (χ1n) is 7.04. The summed E-state index contributed by atoms with van der Waals surface area (Å²) >= 11 is 0. The Morgan fingerprint density at radius 2 is 1.72 bits per heavy atom. The van der Waals surface area contributed by atoms with Crippen LogP contribution in [0.3, 0.4) is 0 Å². The zero-order chi connectivity index (χ0) is 13.7. The van der Waals surface area contributed by atoms with E-state index in [4.69, 9.17) is 0 Å². The van der Waals surface area contributed by atoms with Gasteiger partial charge in [0.25, 0.3) is 0 Å². The molecule has 0 saturated heterocycles. The van der Waals surface area contributed by atoms with E-state index in [2.05, 4.69) is 65.5 Å². The first-order chi connectivity index (χ1) is 8.17. The zero-order valence-corrected chi connectivity index (χ0v) is 13.9. The molecule has 0 atom stereocenters. The largest absolute Gasteiger partial charge is 0.0736 e. The van der Waals surface area contributed by atoms with Gasteiger partial charge in [-0.3, -0.25) is 0 Å². The summed E-state index contributed by atoms with van der Waals surface area (Å²) in [6.07, 6.45) is 3.62. The fraction of sp³-hybridized carbons (Fsp3) is 0.529. The number of hydrogen-bond acceptors (Lipinski definition) is 0. The molecular weight excluding hydrogens is 232 g/mol. The normalized spacial score (nSPS) is 17.6. The molecule has 1 aromatic carbocycles. The van der Waals surface area contributed by atoms with Crippen LogP contribution in [0.1, 0.15) is 43.0 Å². The van der Waals surface area contributed by atoms with Crippen molar-refractivity contribution >= 4 is 14.1 Å². The van der Waals surface area contributed by atoms with Gasteiger partial charge in [-0.15, -0.1) is 0 Å². The minimum absolute atomic E-state index is 0.233. The van der Waals surface area contributed by atoms with E-state index >= 15 is 0 Å². The third-order valence-corrected chi connectivity index (χ3v) is 6.73. The summed E-state index contributed by atoms with van der Waals surface area (Å²) in [6, 6.07) is 4.84. The van der Waals surface area contributed by atoms with E-state index < -0.39 is 8.07 Å². The summed E-state index contributed by atoms with van der Waals surface area (Å²) in [4.78, 5) is 0. The molecule has 1 heteroatoms. The minimum atomic E-state index is -1.24. The molecule has 1 aliphatic carbocycles. The lowest BCUT2D eigenvalue weighted by Crippen LogP contribution is -2.34. The number of benzene rings is 1. The Morgan fingerprint density at radius 3 is 2.22 bits per heavy atom. The van der Waals surface area contributed by atoms with Crippen LogP contribution in [0, 0.1) is 6.92 Å². The molecule has 0 radical (unpaired) electrons. The van der Waals surface area contributed by atoms with Gasteiger partial charge in [-0.2, -0.15) is 0 Å². The van der Waals surface area contributed by atoms with Crippen molar-refractivity contribution in [3.8, 4) is 0 Å². The van der Waals surface area contributed by atoms with Crippen molar-refractivity contribution in [3.05, 3.63) is 39.6 Å². The van der Waals surface area contributed by atoms with Crippen molar-refractivity contribution in [2.24, 2.45) is 0 Å². The molecule has 1 aromatic rings. The molecule has 0 bridgehead atoms. The SMILES string of the molecule is CCc1cc2c(cc1C)C(C)(C)C([Si](C)(C)C)=C2. The second kappa shape index (κ2) is 4.09. The third-order valence-electron chi connectivity index (χ3n) is 4.34. The summed E-state index contributed by atoms with van der Waals surface area (Å²) in [5.41, 5.74) is 6.19. The van der Waals surface area contributed by atoms with Crippen LogP contribution in [-0.4, -0.2) is 8.07 Å². The highest BCUT2D eigenvalue weighted by atomic mass is 28.3. The monoisotopic (exact) mass is 258 g/mol. The van der Waals surface area contributed by atoms with Crippen molar-refractivity contribution in [2.45, 2.75) is 59.2 Å². The molecule has 2 rings (SSSR count). The molecule has 0 nitrogen and oxygen atoms in total. The van der Waals surface area contributed by atoms with E-state index in [0.717, 1.165) is 6.42 Å². The lowest BCUT2D eigenvalue weighted by Gasteiger charge is -2.32. The molecule has 0 heterocycles. The summed E-state index contributed by atoms with van der Waals surface area (Å²) in [5.74, 6) is 0. The summed E-state index contributed by atoms with van der Waals surface area (Å²) in [5, 5.41) is 1.69. The molecule has 0 saturated carbocycles. The quantitative estimate of drug-likeness (QED) is 0.647. The predicted molar refractivity (Wildman–Crippen MR) is 84.9 cm³/mol. The molecular formula is C17H26Si. The van der Waals surface area contributed by atoms with Gasteiger partial charge in [-0.1, -0.05) is 63.8 Å².